The highest BCUT2D eigenvalue weighted by molar-refractivity contribution is 5.79. The van der Waals surface area contributed by atoms with Gasteiger partial charge in [-0.3, -0.25) is 0 Å². The lowest BCUT2D eigenvalue weighted by molar-refractivity contribution is 0.749. The van der Waals surface area contributed by atoms with Gasteiger partial charge >= 0.3 is 0 Å². The maximum Gasteiger partial charge on any atom is 0.0516 e. The van der Waals surface area contributed by atoms with Crippen LogP contribution in [0.3, 0.4) is 0 Å². The maximum absolute atomic E-state index is 4.08. The predicted molar refractivity (Wildman–Crippen MR) is 60.3 cm³/mol. The summed E-state index contributed by atoms with van der Waals surface area (Å²) < 4.78 is 0. The summed E-state index contributed by atoms with van der Waals surface area (Å²) in [4.78, 5) is 2.34. The van der Waals surface area contributed by atoms with Crippen molar-refractivity contribution in [3.05, 3.63) is 47.7 Å². The van der Waals surface area contributed by atoms with Crippen molar-refractivity contribution in [2.45, 2.75) is 12.8 Å². The summed E-state index contributed by atoms with van der Waals surface area (Å²) in [6.07, 6.45) is 6.73. The minimum absolute atomic E-state index is 1.12. The quantitative estimate of drug-likeness (QED) is 0.597. The zero-order valence-corrected chi connectivity index (χ0v) is 8.16. The molecule has 1 aromatic carbocycles. The van der Waals surface area contributed by atoms with Crippen molar-refractivity contribution >= 4 is 11.8 Å². The molecule has 0 spiro atoms. The number of hydrogen-bond acceptors (Lipinski definition) is 1. The van der Waals surface area contributed by atoms with E-state index >= 15 is 0 Å². The van der Waals surface area contributed by atoms with Crippen LogP contribution < -0.4 is 4.90 Å². The molecule has 0 bridgehead atoms. The van der Waals surface area contributed by atoms with Crippen molar-refractivity contribution in [2.24, 2.45) is 0 Å². The molecule has 0 aliphatic carbocycles. The molecule has 0 saturated heterocycles. The SMILES string of the molecule is C=C1C=Cc2cccc3c2N1CCC3. The standard InChI is InChI=1S/C13H13N/c1-10-7-8-12-5-2-4-11-6-3-9-14(10)13(11)12/h2,4-5,7-8H,1,3,6,9H2. The van der Waals surface area contributed by atoms with Crippen molar-refractivity contribution < 1.29 is 0 Å². The van der Waals surface area contributed by atoms with Crippen molar-refractivity contribution in [1.29, 1.82) is 0 Å². The molecule has 2 heterocycles. The molecule has 14 heavy (non-hydrogen) atoms. The molecule has 0 atom stereocenters. The normalized spacial score (nSPS) is 18.3. The molecule has 2 aliphatic rings. The van der Waals surface area contributed by atoms with Crippen LogP contribution in [0.2, 0.25) is 0 Å². The molecule has 0 N–H and O–H groups in total. The molecule has 0 unspecified atom stereocenters. The fourth-order valence-electron chi connectivity index (χ4n) is 2.38. The third-order valence-electron chi connectivity index (χ3n) is 3.05. The molecule has 0 saturated carbocycles. The molecule has 0 radical (unpaired) electrons. The molecule has 0 fully saturated rings. The minimum atomic E-state index is 1.12. The molecule has 0 aromatic heterocycles. The Balaban J connectivity index is 2.28. The molecular weight excluding hydrogens is 170 g/mol. The Hall–Kier alpha value is -1.50. The fraction of sp³-hybridized carbons (Fsp3) is 0.231. The third-order valence-corrected chi connectivity index (χ3v) is 3.05. The Labute approximate surface area is 84.4 Å². The molecule has 3 rings (SSSR count). The van der Waals surface area contributed by atoms with Crippen LogP contribution in [0.5, 0.6) is 0 Å². The summed E-state index contributed by atoms with van der Waals surface area (Å²) in [6, 6.07) is 6.56. The van der Waals surface area contributed by atoms with Crippen LogP contribution in [0.4, 0.5) is 5.69 Å². The van der Waals surface area contributed by atoms with Crippen molar-refractivity contribution in [3.63, 3.8) is 0 Å². The summed E-state index contributed by atoms with van der Waals surface area (Å²) in [5, 5.41) is 0. The van der Waals surface area contributed by atoms with Crippen LogP contribution >= 0.6 is 0 Å². The Morgan fingerprint density at radius 2 is 2.14 bits per heavy atom. The number of para-hydroxylation sites is 1. The topological polar surface area (TPSA) is 3.24 Å². The van der Waals surface area contributed by atoms with Crippen LogP contribution in [0.15, 0.2) is 36.6 Å². The molecule has 2 aliphatic heterocycles. The highest BCUT2D eigenvalue weighted by atomic mass is 15.1. The van der Waals surface area contributed by atoms with Gasteiger partial charge in [-0.05, 0) is 30.0 Å². The summed E-state index contributed by atoms with van der Waals surface area (Å²) in [5.74, 6) is 0. The monoisotopic (exact) mass is 183 g/mol. The first kappa shape index (κ1) is 7.86. The average Bonchev–Trinajstić information content (AvgIpc) is 2.24. The number of anilines is 1. The van der Waals surface area contributed by atoms with Crippen LogP contribution in [0, 0.1) is 0 Å². The van der Waals surface area contributed by atoms with E-state index in [-0.39, 0.29) is 0 Å². The van der Waals surface area contributed by atoms with Crippen LogP contribution in [0.25, 0.3) is 6.08 Å². The van der Waals surface area contributed by atoms with Gasteiger partial charge in [0.1, 0.15) is 0 Å². The Bertz CT molecular complexity index is 429. The van der Waals surface area contributed by atoms with Gasteiger partial charge in [0.25, 0.3) is 0 Å². The van der Waals surface area contributed by atoms with Gasteiger partial charge in [0.05, 0.1) is 5.69 Å². The van der Waals surface area contributed by atoms with E-state index in [1.165, 1.54) is 29.7 Å². The zero-order chi connectivity index (χ0) is 9.54. The molecular formula is C13H13N. The summed E-state index contributed by atoms with van der Waals surface area (Å²) >= 11 is 0. The van der Waals surface area contributed by atoms with E-state index < -0.39 is 0 Å². The second-order valence-electron chi connectivity index (χ2n) is 3.93. The van der Waals surface area contributed by atoms with Crippen LogP contribution in [0.1, 0.15) is 17.5 Å². The zero-order valence-electron chi connectivity index (χ0n) is 8.16. The lowest BCUT2D eigenvalue weighted by Gasteiger charge is -2.35. The minimum Gasteiger partial charge on any atom is -0.341 e. The summed E-state index contributed by atoms with van der Waals surface area (Å²) in [6.45, 7) is 5.20. The molecule has 1 heteroatoms. The van der Waals surface area contributed by atoms with Gasteiger partial charge in [-0.15, -0.1) is 0 Å². The number of nitrogens with zero attached hydrogens (tertiary/aromatic N) is 1. The highest BCUT2D eigenvalue weighted by Gasteiger charge is 2.22. The number of benzene rings is 1. The predicted octanol–water partition coefficient (Wildman–Crippen LogP) is 2.98. The Morgan fingerprint density at radius 3 is 3.07 bits per heavy atom. The van der Waals surface area contributed by atoms with E-state index in [0.29, 0.717) is 0 Å². The van der Waals surface area contributed by atoms with E-state index in [2.05, 4.69) is 41.8 Å². The van der Waals surface area contributed by atoms with E-state index in [4.69, 9.17) is 0 Å². The van der Waals surface area contributed by atoms with Crippen molar-refractivity contribution in [2.75, 3.05) is 11.4 Å². The smallest absolute Gasteiger partial charge is 0.0516 e. The lowest BCUT2D eigenvalue weighted by Crippen LogP contribution is -2.29. The van der Waals surface area contributed by atoms with Gasteiger partial charge < -0.3 is 4.90 Å². The average molecular weight is 183 g/mol. The first-order chi connectivity index (χ1) is 6.86. The van der Waals surface area contributed by atoms with Gasteiger partial charge in [-0.25, -0.2) is 0 Å². The molecule has 1 nitrogen and oxygen atoms in total. The first-order valence-electron chi connectivity index (χ1n) is 5.13. The fourth-order valence-corrected chi connectivity index (χ4v) is 2.38. The van der Waals surface area contributed by atoms with Crippen LogP contribution in [-0.2, 0) is 6.42 Å². The van der Waals surface area contributed by atoms with Crippen molar-refractivity contribution in [3.8, 4) is 0 Å². The number of hydrogen-bond donors (Lipinski definition) is 0. The largest absolute Gasteiger partial charge is 0.341 e. The van der Waals surface area contributed by atoms with Gasteiger partial charge in [-0.1, -0.05) is 30.9 Å². The van der Waals surface area contributed by atoms with Gasteiger partial charge in [-0.2, -0.15) is 0 Å². The first-order valence-corrected chi connectivity index (χ1v) is 5.13. The van der Waals surface area contributed by atoms with Crippen LogP contribution in [-0.4, -0.2) is 6.54 Å². The van der Waals surface area contributed by atoms with Crippen molar-refractivity contribution in [1.82, 2.24) is 0 Å². The number of allylic oxidation sites excluding steroid dienone is 1. The number of rotatable bonds is 0. The van der Waals surface area contributed by atoms with Gasteiger partial charge in [0.2, 0.25) is 0 Å². The summed E-state index contributed by atoms with van der Waals surface area (Å²) in [7, 11) is 0. The van der Waals surface area contributed by atoms with E-state index in [1.54, 1.807) is 0 Å². The molecule has 1 aromatic rings. The van der Waals surface area contributed by atoms with E-state index in [0.717, 1.165) is 12.2 Å². The Kier molecular flexibility index (Phi) is 1.54. The van der Waals surface area contributed by atoms with Gasteiger partial charge in [0, 0.05) is 12.2 Å². The maximum atomic E-state index is 4.08. The lowest BCUT2D eigenvalue weighted by atomic mass is 9.94. The third kappa shape index (κ3) is 0.955. The molecule has 70 valence electrons. The second kappa shape index (κ2) is 2.74. The highest BCUT2D eigenvalue weighted by Crippen LogP contribution is 2.36. The van der Waals surface area contributed by atoms with Gasteiger partial charge in [0.15, 0.2) is 0 Å². The van der Waals surface area contributed by atoms with E-state index in [9.17, 15) is 0 Å². The summed E-state index contributed by atoms with van der Waals surface area (Å²) in [5.41, 5.74) is 5.34. The second-order valence-corrected chi connectivity index (χ2v) is 3.93. The number of aryl methyl sites for hydroxylation is 1. The Morgan fingerprint density at radius 1 is 1.21 bits per heavy atom. The molecule has 0 amide bonds. The van der Waals surface area contributed by atoms with E-state index in [1.807, 2.05) is 0 Å².